The van der Waals surface area contributed by atoms with Crippen LogP contribution in [-0.2, 0) is 21.9 Å². The Morgan fingerprint density at radius 3 is 2.05 bits per heavy atom. The summed E-state index contributed by atoms with van der Waals surface area (Å²) in [7, 11) is 0. The van der Waals surface area contributed by atoms with Crippen LogP contribution in [0.1, 0.15) is 36.1 Å². The molecule has 2 fully saturated rings. The predicted molar refractivity (Wildman–Crippen MR) is 133 cm³/mol. The summed E-state index contributed by atoms with van der Waals surface area (Å²) in [4.78, 5) is 0. The Kier molecular flexibility index (Phi) is 5.92. The molecule has 182 valence electrons. The molecule has 0 spiro atoms. The Labute approximate surface area is 215 Å². The van der Waals surface area contributed by atoms with Gasteiger partial charge in [0.1, 0.15) is 18.5 Å². The molecule has 4 atom stereocenters. The zero-order valence-electron chi connectivity index (χ0n) is 20.2. The number of benzene rings is 3. The number of fused-ring (bicyclic) bond motifs is 2. The van der Waals surface area contributed by atoms with E-state index in [-0.39, 0.29) is 0 Å². The molecule has 7 nitrogen and oxygen atoms in total. The molecular formula is C30H24N4O3. The van der Waals surface area contributed by atoms with Crippen LogP contribution in [0.3, 0.4) is 0 Å². The van der Waals surface area contributed by atoms with E-state index >= 15 is 0 Å². The maximum absolute atomic E-state index is 10.5. The number of nitrogens with one attached hydrogen (secondary N) is 1. The molecule has 7 heteroatoms. The highest BCUT2D eigenvalue weighted by molar-refractivity contribution is 5.89. The van der Waals surface area contributed by atoms with E-state index in [4.69, 9.17) is 19.6 Å². The predicted octanol–water partition coefficient (Wildman–Crippen LogP) is 5.77. The van der Waals surface area contributed by atoms with Crippen molar-refractivity contribution in [3.8, 4) is 24.0 Å². The van der Waals surface area contributed by atoms with E-state index in [9.17, 15) is 15.8 Å². The number of hydrogen-bond donors (Lipinski definition) is 1. The summed E-state index contributed by atoms with van der Waals surface area (Å²) >= 11 is 0. The second-order valence-electron chi connectivity index (χ2n) is 9.22. The SMILES string of the molecule is CCC1C2(c3ccccc3)OC(=N)C1(C#N)C(C#N)(C#N)C(c1ccc(OCc3ccccc3)cc1)O2. The third-order valence-corrected chi connectivity index (χ3v) is 7.45. The van der Waals surface area contributed by atoms with Gasteiger partial charge >= 0.3 is 0 Å². The van der Waals surface area contributed by atoms with Gasteiger partial charge in [-0.25, -0.2) is 0 Å². The number of hydrogen-bond acceptors (Lipinski definition) is 7. The average molecular weight is 489 g/mol. The van der Waals surface area contributed by atoms with Gasteiger partial charge in [-0.2, -0.15) is 15.8 Å². The molecule has 5 rings (SSSR count). The van der Waals surface area contributed by atoms with Gasteiger partial charge in [-0.1, -0.05) is 79.7 Å². The fraction of sp³-hybridized carbons (Fsp3) is 0.267. The van der Waals surface area contributed by atoms with E-state index in [1.54, 1.807) is 24.3 Å². The largest absolute Gasteiger partial charge is 0.489 e. The van der Waals surface area contributed by atoms with Crippen LogP contribution in [0.5, 0.6) is 5.75 Å². The van der Waals surface area contributed by atoms with Gasteiger partial charge in [-0.15, -0.1) is 0 Å². The first-order valence-electron chi connectivity index (χ1n) is 12.0. The third kappa shape index (κ3) is 3.31. The van der Waals surface area contributed by atoms with Gasteiger partial charge in [0.15, 0.2) is 5.41 Å². The zero-order chi connectivity index (χ0) is 26.1. The molecule has 0 radical (unpaired) electrons. The van der Waals surface area contributed by atoms with Gasteiger partial charge in [0.2, 0.25) is 17.1 Å². The van der Waals surface area contributed by atoms with Gasteiger partial charge in [0, 0.05) is 5.56 Å². The molecule has 37 heavy (non-hydrogen) atoms. The Bertz CT molecular complexity index is 1420. The first-order valence-corrected chi connectivity index (χ1v) is 12.0. The lowest BCUT2D eigenvalue weighted by Gasteiger charge is -2.49. The molecule has 2 bridgehead atoms. The smallest absolute Gasteiger partial charge is 0.244 e. The van der Waals surface area contributed by atoms with Gasteiger partial charge in [-0.3, -0.25) is 5.41 Å². The van der Waals surface area contributed by atoms with Gasteiger partial charge in [0.05, 0.1) is 24.1 Å². The van der Waals surface area contributed by atoms with E-state index in [0.29, 0.717) is 29.9 Å². The van der Waals surface area contributed by atoms with E-state index in [0.717, 1.165) is 5.56 Å². The van der Waals surface area contributed by atoms with Crippen LogP contribution in [0.2, 0.25) is 0 Å². The highest BCUT2D eigenvalue weighted by Gasteiger charge is 2.80. The average Bonchev–Trinajstić information content (AvgIpc) is 3.16. The molecule has 2 aliphatic heterocycles. The van der Waals surface area contributed by atoms with Crippen LogP contribution < -0.4 is 4.74 Å². The highest BCUT2D eigenvalue weighted by atomic mass is 16.7. The number of nitrogens with zero attached hydrogens (tertiary/aromatic N) is 3. The monoisotopic (exact) mass is 488 g/mol. The van der Waals surface area contributed by atoms with Gasteiger partial charge in [0.25, 0.3) is 0 Å². The fourth-order valence-electron chi connectivity index (χ4n) is 5.68. The summed E-state index contributed by atoms with van der Waals surface area (Å²) in [5.74, 6) is -2.05. The lowest BCUT2D eigenvalue weighted by atomic mass is 9.52. The Morgan fingerprint density at radius 1 is 0.865 bits per heavy atom. The van der Waals surface area contributed by atoms with E-state index < -0.39 is 34.5 Å². The maximum atomic E-state index is 10.5. The first-order chi connectivity index (χ1) is 18.0. The molecule has 0 amide bonds. The molecule has 0 saturated carbocycles. The van der Waals surface area contributed by atoms with Crippen LogP contribution in [0.4, 0.5) is 0 Å². The molecule has 1 N–H and O–H groups in total. The van der Waals surface area contributed by atoms with Crippen molar-refractivity contribution in [3.63, 3.8) is 0 Å². The molecule has 3 aromatic rings. The third-order valence-electron chi connectivity index (χ3n) is 7.45. The van der Waals surface area contributed by atoms with Crippen LogP contribution in [0.25, 0.3) is 0 Å². The summed E-state index contributed by atoms with van der Waals surface area (Å²) in [6.07, 6.45) is -0.800. The van der Waals surface area contributed by atoms with Crippen molar-refractivity contribution in [1.82, 2.24) is 0 Å². The van der Waals surface area contributed by atoms with Crippen molar-refractivity contribution in [3.05, 3.63) is 102 Å². The van der Waals surface area contributed by atoms with Crippen molar-refractivity contribution in [2.45, 2.75) is 31.8 Å². The van der Waals surface area contributed by atoms with Crippen molar-refractivity contribution in [2.24, 2.45) is 16.7 Å². The summed E-state index contributed by atoms with van der Waals surface area (Å²) in [5.41, 5.74) is -1.68. The normalized spacial score (nSPS) is 27.2. The van der Waals surface area contributed by atoms with Crippen molar-refractivity contribution in [1.29, 1.82) is 21.2 Å². The Balaban J connectivity index is 1.60. The number of rotatable bonds is 6. The summed E-state index contributed by atoms with van der Waals surface area (Å²) in [6, 6.07) is 32.2. The molecule has 2 aliphatic rings. The van der Waals surface area contributed by atoms with Crippen molar-refractivity contribution < 1.29 is 14.2 Å². The van der Waals surface area contributed by atoms with E-state index in [1.165, 1.54) is 0 Å². The van der Waals surface area contributed by atoms with Gasteiger partial charge in [-0.05, 0) is 29.7 Å². The second-order valence-corrected chi connectivity index (χ2v) is 9.22. The number of ether oxygens (including phenoxy) is 3. The standard InChI is InChI=1S/C30H24N4O3/c1-2-25-29(20-33)27(34)37-30(25,23-11-7-4-8-12-23)36-26(28(29,18-31)19-32)22-13-15-24(16-14-22)35-17-21-9-5-3-6-10-21/h3-16,25-26,34H,2,17H2,1H3. The zero-order valence-corrected chi connectivity index (χ0v) is 20.2. The fourth-order valence-corrected chi connectivity index (χ4v) is 5.68. The molecule has 0 aromatic heterocycles. The summed E-state index contributed by atoms with van der Waals surface area (Å²) < 4.78 is 18.6. The number of nitriles is 3. The minimum absolute atomic E-state index is 0.356. The topological polar surface area (TPSA) is 123 Å². The highest BCUT2D eigenvalue weighted by Crippen LogP contribution is 2.69. The second kappa shape index (κ2) is 9.10. The van der Waals surface area contributed by atoms with Crippen LogP contribution in [-0.4, -0.2) is 5.90 Å². The minimum Gasteiger partial charge on any atom is -0.489 e. The van der Waals surface area contributed by atoms with Gasteiger partial charge < -0.3 is 14.2 Å². The lowest BCUT2D eigenvalue weighted by molar-refractivity contribution is -0.292. The van der Waals surface area contributed by atoms with E-state index in [2.05, 4.69) is 18.2 Å². The lowest BCUT2D eigenvalue weighted by Crippen LogP contribution is -2.58. The van der Waals surface area contributed by atoms with Crippen LogP contribution in [0.15, 0.2) is 84.9 Å². The van der Waals surface area contributed by atoms with Crippen LogP contribution >= 0.6 is 0 Å². The van der Waals surface area contributed by atoms with Crippen molar-refractivity contribution >= 4 is 5.90 Å². The Hall–Kier alpha value is -4.64. The summed E-state index contributed by atoms with van der Waals surface area (Å²) in [6.45, 7) is 2.23. The molecule has 3 aromatic carbocycles. The van der Waals surface area contributed by atoms with Crippen LogP contribution in [0, 0.1) is 56.2 Å². The summed E-state index contributed by atoms with van der Waals surface area (Å²) in [5, 5.41) is 40.2. The molecule has 4 unspecified atom stereocenters. The van der Waals surface area contributed by atoms with Crippen molar-refractivity contribution in [2.75, 3.05) is 0 Å². The maximum Gasteiger partial charge on any atom is 0.244 e. The minimum atomic E-state index is -2.01. The molecule has 2 saturated heterocycles. The molecular weight excluding hydrogens is 464 g/mol. The first kappa shape index (κ1) is 24.1. The molecule has 0 aliphatic carbocycles. The van der Waals surface area contributed by atoms with E-state index in [1.807, 2.05) is 67.6 Å². The Morgan fingerprint density at radius 2 is 1.49 bits per heavy atom. The quantitative estimate of drug-likeness (QED) is 0.470. The molecule has 2 heterocycles.